The highest BCUT2D eigenvalue weighted by atomic mass is 35.5. The summed E-state index contributed by atoms with van der Waals surface area (Å²) in [6, 6.07) is 0. The maximum Gasteiger partial charge on any atom is 0.240 e. The molecule has 2 heterocycles. The number of carbonyl (C=O) groups excluding carboxylic acids is 1. The molecule has 86 valence electrons. The third kappa shape index (κ3) is 2.64. The van der Waals surface area contributed by atoms with E-state index < -0.39 is 0 Å². The Morgan fingerprint density at radius 2 is 1.87 bits per heavy atom. The normalized spacial score (nSPS) is 25.5. The molecule has 4 heteroatoms. The summed E-state index contributed by atoms with van der Waals surface area (Å²) in [6.45, 7) is 3.29. The first-order valence-electron chi connectivity index (χ1n) is 5.79. The summed E-state index contributed by atoms with van der Waals surface area (Å²) in [5, 5.41) is -0.327. The molecular weight excluding hydrogens is 214 g/mol. The van der Waals surface area contributed by atoms with Crippen molar-refractivity contribution in [2.24, 2.45) is 5.92 Å². The Labute approximate surface area is 95.7 Å². The Bertz CT molecular complexity index is 223. The summed E-state index contributed by atoms with van der Waals surface area (Å²) in [4.78, 5) is 13.9. The molecule has 0 bridgehead atoms. The number of halogens is 1. The van der Waals surface area contributed by atoms with E-state index in [0.717, 1.165) is 52.0 Å². The molecule has 2 rings (SSSR count). The first-order valence-corrected chi connectivity index (χ1v) is 6.23. The third-order valence-electron chi connectivity index (χ3n) is 3.33. The third-order valence-corrected chi connectivity index (χ3v) is 3.88. The first kappa shape index (κ1) is 11.2. The maximum atomic E-state index is 12.0. The van der Waals surface area contributed by atoms with Crippen molar-refractivity contribution in [1.82, 2.24) is 4.90 Å². The van der Waals surface area contributed by atoms with Crippen molar-refractivity contribution in [3.05, 3.63) is 0 Å². The minimum absolute atomic E-state index is 0.140. The largest absolute Gasteiger partial charge is 0.381 e. The van der Waals surface area contributed by atoms with Crippen LogP contribution in [0.5, 0.6) is 0 Å². The number of alkyl halides is 1. The second kappa shape index (κ2) is 5.17. The van der Waals surface area contributed by atoms with E-state index in [4.69, 9.17) is 16.3 Å². The lowest BCUT2D eigenvalue weighted by Crippen LogP contribution is -2.39. The van der Waals surface area contributed by atoms with Crippen LogP contribution in [0.3, 0.4) is 0 Å². The lowest BCUT2D eigenvalue weighted by molar-refractivity contribution is -0.131. The van der Waals surface area contributed by atoms with Gasteiger partial charge in [0.15, 0.2) is 0 Å². The van der Waals surface area contributed by atoms with Gasteiger partial charge in [0.1, 0.15) is 5.38 Å². The van der Waals surface area contributed by atoms with Crippen molar-refractivity contribution in [3.63, 3.8) is 0 Å². The lowest BCUT2D eigenvalue weighted by atomic mass is 9.95. The second-order valence-electron chi connectivity index (χ2n) is 4.38. The Morgan fingerprint density at radius 1 is 1.27 bits per heavy atom. The highest BCUT2D eigenvalue weighted by molar-refractivity contribution is 6.30. The number of likely N-dealkylation sites (tertiary alicyclic amines) is 1. The predicted molar refractivity (Wildman–Crippen MR) is 59.0 cm³/mol. The number of rotatable bonds is 2. The van der Waals surface area contributed by atoms with Gasteiger partial charge in [-0.25, -0.2) is 0 Å². The Hall–Kier alpha value is -0.280. The Kier molecular flexibility index (Phi) is 3.87. The van der Waals surface area contributed by atoms with Gasteiger partial charge in [-0.2, -0.15) is 0 Å². The van der Waals surface area contributed by atoms with Crippen LogP contribution in [0.15, 0.2) is 0 Å². The minimum Gasteiger partial charge on any atom is -0.381 e. The van der Waals surface area contributed by atoms with Crippen LogP contribution < -0.4 is 0 Å². The molecule has 0 N–H and O–H groups in total. The molecule has 0 aromatic carbocycles. The second-order valence-corrected chi connectivity index (χ2v) is 4.85. The zero-order chi connectivity index (χ0) is 10.7. The van der Waals surface area contributed by atoms with Gasteiger partial charge in [0.05, 0.1) is 0 Å². The first-order chi connectivity index (χ1) is 7.29. The van der Waals surface area contributed by atoms with E-state index in [1.807, 2.05) is 4.90 Å². The summed E-state index contributed by atoms with van der Waals surface area (Å²) in [7, 11) is 0. The van der Waals surface area contributed by atoms with Gasteiger partial charge in [-0.05, 0) is 31.6 Å². The van der Waals surface area contributed by atoms with Crippen LogP contribution in [0.4, 0.5) is 0 Å². The van der Waals surface area contributed by atoms with E-state index in [2.05, 4.69) is 0 Å². The van der Waals surface area contributed by atoms with Gasteiger partial charge in [0, 0.05) is 26.3 Å². The van der Waals surface area contributed by atoms with Gasteiger partial charge in [-0.15, -0.1) is 11.6 Å². The van der Waals surface area contributed by atoms with Crippen molar-refractivity contribution in [2.45, 2.75) is 31.1 Å². The SMILES string of the molecule is O=C(C(Cl)C1CCOCC1)N1CCCC1. The van der Waals surface area contributed by atoms with Crippen molar-refractivity contribution in [1.29, 1.82) is 0 Å². The molecule has 0 aromatic heterocycles. The van der Waals surface area contributed by atoms with Crippen LogP contribution >= 0.6 is 11.6 Å². The molecule has 1 amide bonds. The van der Waals surface area contributed by atoms with Crippen molar-refractivity contribution < 1.29 is 9.53 Å². The summed E-state index contributed by atoms with van der Waals surface area (Å²) in [5.41, 5.74) is 0. The molecule has 3 nitrogen and oxygen atoms in total. The topological polar surface area (TPSA) is 29.5 Å². The summed E-state index contributed by atoms with van der Waals surface area (Å²) in [5.74, 6) is 0.453. The van der Waals surface area contributed by atoms with Gasteiger partial charge >= 0.3 is 0 Å². The molecule has 2 fully saturated rings. The van der Waals surface area contributed by atoms with Crippen LogP contribution in [-0.2, 0) is 9.53 Å². The molecular formula is C11H18ClNO2. The number of carbonyl (C=O) groups is 1. The maximum absolute atomic E-state index is 12.0. The van der Waals surface area contributed by atoms with E-state index in [1.165, 1.54) is 0 Å². The molecule has 2 aliphatic heterocycles. The molecule has 2 saturated heterocycles. The number of ether oxygens (including phenoxy) is 1. The number of hydrogen-bond donors (Lipinski definition) is 0. The van der Waals surface area contributed by atoms with Crippen LogP contribution in [0.25, 0.3) is 0 Å². The molecule has 0 saturated carbocycles. The summed E-state index contributed by atoms with van der Waals surface area (Å²) < 4.78 is 5.27. The summed E-state index contributed by atoms with van der Waals surface area (Å²) in [6.07, 6.45) is 4.10. The fraction of sp³-hybridized carbons (Fsp3) is 0.909. The Morgan fingerprint density at radius 3 is 2.47 bits per heavy atom. The van der Waals surface area contributed by atoms with Crippen molar-refractivity contribution in [3.8, 4) is 0 Å². The average Bonchev–Trinajstić information content (AvgIpc) is 2.82. The molecule has 1 unspecified atom stereocenters. The average molecular weight is 232 g/mol. The van der Waals surface area contributed by atoms with Gasteiger partial charge in [0.25, 0.3) is 0 Å². The molecule has 0 aliphatic carbocycles. The number of amides is 1. The van der Waals surface area contributed by atoms with Crippen molar-refractivity contribution in [2.75, 3.05) is 26.3 Å². The van der Waals surface area contributed by atoms with E-state index in [-0.39, 0.29) is 11.3 Å². The lowest BCUT2D eigenvalue weighted by Gasteiger charge is -2.28. The van der Waals surface area contributed by atoms with Crippen LogP contribution in [-0.4, -0.2) is 42.5 Å². The number of hydrogen-bond acceptors (Lipinski definition) is 2. The zero-order valence-corrected chi connectivity index (χ0v) is 9.71. The van der Waals surface area contributed by atoms with Gasteiger partial charge in [-0.1, -0.05) is 0 Å². The molecule has 0 radical (unpaired) electrons. The van der Waals surface area contributed by atoms with Crippen LogP contribution in [0, 0.1) is 5.92 Å². The fourth-order valence-electron chi connectivity index (χ4n) is 2.32. The molecule has 0 aromatic rings. The van der Waals surface area contributed by atoms with Gasteiger partial charge in [0.2, 0.25) is 5.91 Å². The summed E-state index contributed by atoms with van der Waals surface area (Å²) >= 11 is 6.24. The van der Waals surface area contributed by atoms with E-state index in [0.29, 0.717) is 5.92 Å². The number of nitrogens with zero attached hydrogens (tertiary/aromatic N) is 1. The molecule has 2 aliphatic rings. The van der Waals surface area contributed by atoms with Gasteiger partial charge in [-0.3, -0.25) is 4.79 Å². The smallest absolute Gasteiger partial charge is 0.240 e. The van der Waals surface area contributed by atoms with E-state index in [9.17, 15) is 4.79 Å². The zero-order valence-electron chi connectivity index (χ0n) is 8.95. The predicted octanol–water partition coefficient (Wildman–Crippen LogP) is 1.64. The standard InChI is InChI=1S/C11H18ClNO2/c12-10(9-3-7-15-8-4-9)11(14)13-5-1-2-6-13/h9-10H,1-8H2. The fourth-order valence-corrected chi connectivity index (χ4v) is 2.71. The Balaban J connectivity index is 1.87. The van der Waals surface area contributed by atoms with E-state index in [1.54, 1.807) is 0 Å². The highest BCUT2D eigenvalue weighted by Crippen LogP contribution is 2.25. The molecule has 0 spiro atoms. The van der Waals surface area contributed by atoms with E-state index >= 15 is 0 Å². The monoisotopic (exact) mass is 231 g/mol. The van der Waals surface area contributed by atoms with Crippen molar-refractivity contribution >= 4 is 17.5 Å². The van der Waals surface area contributed by atoms with Crippen LogP contribution in [0.1, 0.15) is 25.7 Å². The van der Waals surface area contributed by atoms with Gasteiger partial charge < -0.3 is 9.64 Å². The minimum atomic E-state index is -0.327. The quantitative estimate of drug-likeness (QED) is 0.677. The molecule has 15 heavy (non-hydrogen) atoms. The molecule has 1 atom stereocenters. The van der Waals surface area contributed by atoms with Crippen LogP contribution in [0.2, 0.25) is 0 Å². The highest BCUT2D eigenvalue weighted by Gasteiger charge is 2.32.